The van der Waals surface area contributed by atoms with Crippen molar-refractivity contribution >= 4 is 11.0 Å². The largest absolute Gasteiger partial charge is 0.392 e. The van der Waals surface area contributed by atoms with Crippen molar-refractivity contribution in [3.05, 3.63) is 59.2 Å². The summed E-state index contributed by atoms with van der Waals surface area (Å²) in [7, 11) is 1.89. The molecule has 1 heterocycles. The molecular formula is C15H15N3O. The Kier molecular flexibility index (Phi) is 3.01. The predicted molar refractivity (Wildman–Crippen MR) is 73.7 cm³/mol. The molecule has 19 heavy (non-hydrogen) atoms. The fraction of sp³-hybridized carbons (Fsp3) is 0.200. The molecule has 2 aromatic carbocycles. The third-order valence-corrected chi connectivity index (χ3v) is 3.26. The molecule has 0 radical (unpaired) electrons. The Morgan fingerprint density at radius 3 is 2.68 bits per heavy atom. The van der Waals surface area contributed by atoms with Crippen molar-refractivity contribution in [1.29, 1.82) is 0 Å². The smallest absolute Gasteiger partial charge is 0.113 e. The number of rotatable bonds is 3. The normalized spacial score (nSPS) is 11.1. The van der Waals surface area contributed by atoms with Gasteiger partial charge in [0.15, 0.2) is 0 Å². The summed E-state index contributed by atoms with van der Waals surface area (Å²) >= 11 is 0. The molecule has 96 valence electrons. The Morgan fingerprint density at radius 1 is 1.05 bits per heavy atom. The molecule has 0 atom stereocenters. The van der Waals surface area contributed by atoms with Crippen molar-refractivity contribution in [3.8, 4) is 0 Å². The maximum Gasteiger partial charge on any atom is 0.113 e. The highest BCUT2D eigenvalue weighted by molar-refractivity contribution is 5.75. The fourth-order valence-corrected chi connectivity index (χ4v) is 2.26. The summed E-state index contributed by atoms with van der Waals surface area (Å²) in [6.07, 6.45) is 0.842. The number of hydrogen-bond acceptors (Lipinski definition) is 3. The monoisotopic (exact) mass is 253 g/mol. The van der Waals surface area contributed by atoms with Crippen LogP contribution in [0.4, 0.5) is 0 Å². The first-order valence-electron chi connectivity index (χ1n) is 6.23. The van der Waals surface area contributed by atoms with Gasteiger partial charge in [0, 0.05) is 7.05 Å². The van der Waals surface area contributed by atoms with Crippen LogP contribution in [-0.4, -0.2) is 20.1 Å². The lowest BCUT2D eigenvalue weighted by Crippen LogP contribution is -1.93. The van der Waals surface area contributed by atoms with Crippen LogP contribution in [0.25, 0.3) is 11.0 Å². The van der Waals surface area contributed by atoms with E-state index in [1.165, 1.54) is 11.1 Å². The number of aliphatic hydroxyl groups excluding tert-OH is 1. The minimum atomic E-state index is 0.0819. The molecule has 0 aliphatic carbocycles. The standard InChI is InChI=1S/C15H15N3O/c1-18-15-9-12(5-6-14(15)16-17-18)7-11-3-2-4-13(8-11)10-19/h2-6,8-9,19H,7,10H2,1H3. The second-order valence-corrected chi connectivity index (χ2v) is 4.69. The van der Waals surface area contributed by atoms with Crippen LogP contribution in [0, 0.1) is 0 Å². The van der Waals surface area contributed by atoms with Crippen LogP contribution in [0.3, 0.4) is 0 Å². The number of aryl methyl sites for hydroxylation is 1. The summed E-state index contributed by atoms with van der Waals surface area (Å²) in [5, 5.41) is 17.2. The van der Waals surface area contributed by atoms with Gasteiger partial charge in [-0.3, -0.25) is 0 Å². The van der Waals surface area contributed by atoms with Crippen LogP contribution >= 0.6 is 0 Å². The van der Waals surface area contributed by atoms with Crippen LogP contribution in [0.15, 0.2) is 42.5 Å². The fourth-order valence-electron chi connectivity index (χ4n) is 2.26. The Hall–Kier alpha value is -2.20. The first-order valence-corrected chi connectivity index (χ1v) is 6.23. The van der Waals surface area contributed by atoms with E-state index in [9.17, 15) is 0 Å². The summed E-state index contributed by atoms with van der Waals surface area (Å²) in [6, 6.07) is 14.2. The molecule has 0 spiro atoms. The predicted octanol–water partition coefficient (Wildman–Crippen LogP) is 2.05. The van der Waals surface area contributed by atoms with E-state index in [0.717, 1.165) is 23.0 Å². The van der Waals surface area contributed by atoms with Gasteiger partial charge in [-0.05, 0) is 35.2 Å². The van der Waals surface area contributed by atoms with Gasteiger partial charge in [0.2, 0.25) is 0 Å². The van der Waals surface area contributed by atoms with E-state index in [-0.39, 0.29) is 6.61 Å². The SMILES string of the molecule is Cn1nnc2ccc(Cc3cccc(CO)c3)cc21. The van der Waals surface area contributed by atoms with Gasteiger partial charge in [-0.25, -0.2) is 4.68 Å². The summed E-state index contributed by atoms with van der Waals surface area (Å²) in [5.41, 5.74) is 5.31. The van der Waals surface area contributed by atoms with Crippen LogP contribution in [0.1, 0.15) is 16.7 Å². The van der Waals surface area contributed by atoms with E-state index >= 15 is 0 Å². The number of benzene rings is 2. The quantitative estimate of drug-likeness (QED) is 0.777. The second kappa shape index (κ2) is 4.82. The molecule has 4 nitrogen and oxygen atoms in total. The van der Waals surface area contributed by atoms with Crippen molar-refractivity contribution in [2.45, 2.75) is 13.0 Å². The first-order chi connectivity index (χ1) is 9.26. The Morgan fingerprint density at radius 2 is 1.84 bits per heavy atom. The van der Waals surface area contributed by atoms with Crippen LogP contribution in [0.5, 0.6) is 0 Å². The molecule has 1 N–H and O–H groups in total. The average molecular weight is 253 g/mol. The van der Waals surface area contributed by atoms with Gasteiger partial charge >= 0.3 is 0 Å². The van der Waals surface area contributed by atoms with E-state index in [1.54, 1.807) is 4.68 Å². The lowest BCUT2D eigenvalue weighted by molar-refractivity contribution is 0.281. The number of hydrogen-bond donors (Lipinski definition) is 1. The molecule has 0 saturated heterocycles. The molecule has 4 heteroatoms. The number of aromatic nitrogens is 3. The topological polar surface area (TPSA) is 50.9 Å². The zero-order valence-electron chi connectivity index (χ0n) is 10.7. The van der Waals surface area contributed by atoms with E-state index in [0.29, 0.717) is 0 Å². The molecule has 0 saturated carbocycles. The third kappa shape index (κ3) is 2.35. The van der Waals surface area contributed by atoms with Crippen molar-refractivity contribution in [3.63, 3.8) is 0 Å². The van der Waals surface area contributed by atoms with Crippen LogP contribution in [-0.2, 0) is 20.1 Å². The molecule has 0 aliphatic rings. The highest BCUT2D eigenvalue weighted by Crippen LogP contribution is 2.16. The van der Waals surface area contributed by atoms with Gasteiger partial charge < -0.3 is 5.11 Å². The molecular weight excluding hydrogens is 238 g/mol. The average Bonchev–Trinajstić information content (AvgIpc) is 2.80. The highest BCUT2D eigenvalue weighted by atomic mass is 16.3. The third-order valence-electron chi connectivity index (χ3n) is 3.26. The van der Waals surface area contributed by atoms with Crippen LogP contribution < -0.4 is 0 Å². The summed E-state index contributed by atoms with van der Waals surface area (Å²) < 4.78 is 1.78. The zero-order valence-corrected chi connectivity index (χ0v) is 10.7. The zero-order chi connectivity index (χ0) is 13.2. The van der Waals surface area contributed by atoms with Gasteiger partial charge in [-0.1, -0.05) is 35.5 Å². The van der Waals surface area contributed by atoms with Gasteiger partial charge in [0.1, 0.15) is 5.52 Å². The lowest BCUT2D eigenvalue weighted by atomic mass is 10.0. The molecule has 0 bridgehead atoms. The summed E-state index contributed by atoms with van der Waals surface area (Å²) in [4.78, 5) is 0. The van der Waals surface area contributed by atoms with Gasteiger partial charge in [0.25, 0.3) is 0 Å². The first kappa shape index (κ1) is 11.9. The van der Waals surface area contributed by atoms with E-state index in [4.69, 9.17) is 5.11 Å². The summed E-state index contributed by atoms with van der Waals surface area (Å²) in [6.45, 7) is 0.0819. The van der Waals surface area contributed by atoms with Crippen molar-refractivity contribution in [2.75, 3.05) is 0 Å². The minimum Gasteiger partial charge on any atom is -0.392 e. The lowest BCUT2D eigenvalue weighted by Gasteiger charge is -2.04. The highest BCUT2D eigenvalue weighted by Gasteiger charge is 2.04. The minimum absolute atomic E-state index is 0.0819. The van der Waals surface area contributed by atoms with E-state index < -0.39 is 0 Å². The Labute approximate surface area is 111 Å². The Bertz CT molecular complexity index is 718. The van der Waals surface area contributed by atoms with Crippen molar-refractivity contribution in [2.24, 2.45) is 7.05 Å². The maximum absolute atomic E-state index is 9.16. The summed E-state index contributed by atoms with van der Waals surface area (Å²) in [5.74, 6) is 0. The van der Waals surface area contributed by atoms with Gasteiger partial charge in [-0.2, -0.15) is 0 Å². The van der Waals surface area contributed by atoms with Gasteiger partial charge in [0.05, 0.1) is 12.1 Å². The molecule has 0 amide bonds. The van der Waals surface area contributed by atoms with Crippen molar-refractivity contribution in [1.82, 2.24) is 15.0 Å². The van der Waals surface area contributed by atoms with Crippen molar-refractivity contribution < 1.29 is 5.11 Å². The second-order valence-electron chi connectivity index (χ2n) is 4.69. The van der Waals surface area contributed by atoms with Crippen LogP contribution in [0.2, 0.25) is 0 Å². The Balaban J connectivity index is 1.93. The number of fused-ring (bicyclic) bond motifs is 1. The molecule has 1 aromatic heterocycles. The number of nitrogens with zero attached hydrogens (tertiary/aromatic N) is 3. The molecule has 0 unspecified atom stereocenters. The molecule has 0 fully saturated rings. The van der Waals surface area contributed by atoms with Gasteiger partial charge in [-0.15, -0.1) is 5.10 Å². The molecule has 3 aromatic rings. The van der Waals surface area contributed by atoms with E-state index in [2.05, 4.69) is 28.5 Å². The number of aliphatic hydroxyl groups is 1. The molecule has 3 rings (SSSR count). The van der Waals surface area contributed by atoms with E-state index in [1.807, 2.05) is 31.3 Å². The molecule has 0 aliphatic heterocycles. The maximum atomic E-state index is 9.16.